The molecule has 1 saturated carbocycles. The van der Waals surface area contributed by atoms with Crippen LogP contribution in [0.1, 0.15) is 42.9 Å². The Labute approximate surface area is 163 Å². The monoisotopic (exact) mass is 396 g/mol. The van der Waals surface area contributed by atoms with Crippen LogP contribution in [0.5, 0.6) is 0 Å². The number of carbonyl (C=O) groups excluding carboxylic acids is 1. The Morgan fingerprint density at radius 2 is 2.07 bits per heavy atom. The molecule has 0 bridgehead atoms. The third kappa shape index (κ3) is 4.06. The first-order valence-electron chi connectivity index (χ1n) is 10.0. The summed E-state index contributed by atoms with van der Waals surface area (Å²) >= 11 is 0. The fourth-order valence-corrected chi connectivity index (χ4v) is 4.51. The number of hydrogen-bond donors (Lipinski definition) is 1. The molecular formula is C21H27F3N2O2. The molecule has 2 unspecified atom stereocenters. The van der Waals surface area contributed by atoms with E-state index in [1.54, 1.807) is 11.0 Å². The number of nitrogens with one attached hydrogen (secondary N) is 1. The summed E-state index contributed by atoms with van der Waals surface area (Å²) in [6.45, 7) is 5.52. The highest BCUT2D eigenvalue weighted by Gasteiger charge is 2.37. The molecule has 2 fully saturated rings. The van der Waals surface area contributed by atoms with Crippen LogP contribution >= 0.6 is 0 Å². The van der Waals surface area contributed by atoms with Crippen LogP contribution in [0.4, 0.5) is 13.2 Å². The van der Waals surface area contributed by atoms with Gasteiger partial charge in [-0.05, 0) is 48.9 Å². The SMILES string of the molecule is CC1(CNC2CCC(C(=O)N3CCc4ccc(C(F)(F)F)cc4C3)C2)COC1. The van der Waals surface area contributed by atoms with Crippen LogP contribution in [0.15, 0.2) is 18.2 Å². The molecule has 28 heavy (non-hydrogen) atoms. The predicted octanol–water partition coefficient (Wildman–Crippen LogP) is 3.38. The van der Waals surface area contributed by atoms with Crippen LogP contribution in [-0.4, -0.2) is 43.2 Å². The van der Waals surface area contributed by atoms with Crippen molar-refractivity contribution in [1.82, 2.24) is 10.2 Å². The number of fused-ring (bicyclic) bond motifs is 1. The maximum Gasteiger partial charge on any atom is 0.416 e. The minimum atomic E-state index is -4.35. The second-order valence-electron chi connectivity index (χ2n) is 8.88. The number of amides is 1. The number of rotatable bonds is 4. The van der Waals surface area contributed by atoms with Crippen LogP contribution in [0.25, 0.3) is 0 Å². The number of hydrogen-bond acceptors (Lipinski definition) is 3. The molecule has 0 aromatic heterocycles. The van der Waals surface area contributed by atoms with Gasteiger partial charge in [-0.15, -0.1) is 0 Å². The average molecular weight is 396 g/mol. The van der Waals surface area contributed by atoms with E-state index in [0.717, 1.165) is 50.7 Å². The fourth-order valence-electron chi connectivity index (χ4n) is 4.51. The van der Waals surface area contributed by atoms with Gasteiger partial charge in [-0.3, -0.25) is 4.79 Å². The Kier molecular flexibility index (Phi) is 5.16. The van der Waals surface area contributed by atoms with Crippen molar-refractivity contribution in [1.29, 1.82) is 0 Å². The standard InChI is InChI=1S/C21H27F3N2O2/c1-20(12-28-13-20)11-25-18-5-3-15(9-18)19(27)26-7-6-14-2-4-17(21(22,23)24)8-16(14)10-26/h2,4,8,15,18,25H,3,5-7,9-13H2,1H3. The third-order valence-corrected chi connectivity index (χ3v) is 6.36. The summed E-state index contributed by atoms with van der Waals surface area (Å²) in [4.78, 5) is 14.7. The minimum absolute atomic E-state index is 0.0321. The van der Waals surface area contributed by atoms with Crippen molar-refractivity contribution in [3.63, 3.8) is 0 Å². The lowest BCUT2D eigenvalue weighted by Crippen LogP contribution is -2.49. The van der Waals surface area contributed by atoms with Gasteiger partial charge in [-0.2, -0.15) is 13.2 Å². The highest BCUT2D eigenvalue weighted by Crippen LogP contribution is 2.34. The zero-order valence-corrected chi connectivity index (χ0v) is 16.1. The van der Waals surface area contributed by atoms with Gasteiger partial charge in [-0.25, -0.2) is 0 Å². The summed E-state index contributed by atoms with van der Waals surface area (Å²) < 4.78 is 44.3. The molecule has 4 rings (SSSR count). The van der Waals surface area contributed by atoms with Gasteiger partial charge in [0.2, 0.25) is 5.91 Å². The molecule has 1 aromatic rings. The molecule has 1 aliphatic carbocycles. The normalized spacial score (nSPS) is 26.6. The van der Waals surface area contributed by atoms with E-state index in [-0.39, 0.29) is 23.8 Å². The number of nitrogens with zero attached hydrogens (tertiary/aromatic N) is 1. The Balaban J connectivity index is 1.34. The molecule has 1 N–H and O–H groups in total. The van der Waals surface area contributed by atoms with Gasteiger partial charge < -0.3 is 15.0 Å². The van der Waals surface area contributed by atoms with E-state index in [1.807, 2.05) is 0 Å². The summed E-state index contributed by atoms with van der Waals surface area (Å²) in [7, 11) is 0. The van der Waals surface area contributed by atoms with Gasteiger partial charge in [0.25, 0.3) is 0 Å². The molecule has 1 aromatic carbocycles. The summed E-state index contributed by atoms with van der Waals surface area (Å²) in [6, 6.07) is 4.23. The molecule has 1 amide bonds. The van der Waals surface area contributed by atoms with Gasteiger partial charge in [0.1, 0.15) is 0 Å². The van der Waals surface area contributed by atoms with Gasteiger partial charge >= 0.3 is 6.18 Å². The van der Waals surface area contributed by atoms with Crippen molar-refractivity contribution in [2.75, 3.05) is 26.3 Å². The van der Waals surface area contributed by atoms with Crippen molar-refractivity contribution in [3.05, 3.63) is 34.9 Å². The summed E-state index contributed by atoms with van der Waals surface area (Å²) in [5, 5.41) is 3.58. The number of benzene rings is 1. The Bertz CT molecular complexity index is 746. The van der Waals surface area contributed by atoms with Crippen LogP contribution < -0.4 is 5.32 Å². The summed E-state index contributed by atoms with van der Waals surface area (Å²) in [6.07, 6.45) is -1.12. The van der Waals surface area contributed by atoms with Crippen LogP contribution in [0, 0.1) is 11.3 Å². The lowest BCUT2D eigenvalue weighted by Gasteiger charge is -2.39. The van der Waals surface area contributed by atoms with Crippen LogP contribution in [0.2, 0.25) is 0 Å². The number of carbonyl (C=O) groups is 1. The van der Waals surface area contributed by atoms with Gasteiger partial charge in [0, 0.05) is 37.0 Å². The van der Waals surface area contributed by atoms with E-state index in [0.29, 0.717) is 24.6 Å². The first-order valence-corrected chi connectivity index (χ1v) is 10.0. The highest BCUT2D eigenvalue weighted by molar-refractivity contribution is 5.79. The van der Waals surface area contributed by atoms with E-state index in [4.69, 9.17) is 4.74 Å². The first kappa shape index (κ1) is 19.7. The predicted molar refractivity (Wildman–Crippen MR) is 98.6 cm³/mol. The summed E-state index contributed by atoms with van der Waals surface area (Å²) in [5.41, 5.74) is 1.10. The first-order chi connectivity index (χ1) is 13.2. The number of halogens is 3. The van der Waals surface area contributed by atoms with Gasteiger partial charge in [-0.1, -0.05) is 13.0 Å². The van der Waals surface area contributed by atoms with E-state index < -0.39 is 11.7 Å². The topological polar surface area (TPSA) is 41.6 Å². The van der Waals surface area contributed by atoms with Crippen molar-refractivity contribution in [2.24, 2.45) is 11.3 Å². The Morgan fingerprint density at radius 1 is 1.29 bits per heavy atom. The molecule has 4 nitrogen and oxygen atoms in total. The maximum atomic E-state index is 13.0. The maximum absolute atomic E-state index is 13.0. The largest absolute Gasteiger partial charge is 0.416 e. The average Bonchev–Trinajstić information content (AvgIpc) is 3.11. The van der Waals surface area contributed by atoms with Crippen LogP contribution in [0.3, 0.4) is 0 Å². The third-order valence-electron chi connectivity index (χ3n) is 6.36. The molecular weight excluding hydrogens is 369 g/mol. The lowest BCUT2D eigenvalue weighted by molar-refractivity contribution is -0.137. The van der Waals surface area contributed by atoms with Crippen molar-refractivity contribution in [3.8, 4) is 0 Å². The smallest absolute Gasteiger partial charge is 0.380 e. The second kappa shape index (κ2) is 7.34. The van der Waals surface area contributed by atoms with Crippen molar-refractivity contribution >= 4 is 5.91 Å². The molecule has 2 atom stereocenters. The van der Waals surface area contributed by atoms with Crippen LogP contribution in [-0.2, 0) is 28.7 Å². The molecule has 0 radical (unpaired) electrons. The molecule has 3 aliphatic rings. The fraction of sp³-hybridized carbons (Fsp3) is 0.667. The van der Waals surface area contributed by atoms with Gasteiger partial charge in [0.05, 0.1) is 18.8 Å². The molecule has 7 heteroatoms. The Morgan fingerprint density at radius 3 is 2.75 bits per heavy atom. The van der Waals surface area contributed by atoms with E-state index in [9.17, 15) is 18.0 Å². The van der Waals surface area contributed by atoms with Gasteiger partial charge in [0.15, 0.2) is 0 Å². The zero-order valence-electron chi connectivity index (χ0n) is 16.1. The van der Waals surface area contributed by atoms with Crippen molar-refractivity contribution in [2.45, 2.75) is 51.4 Å². The summed E-state index contributed by atoms with van der Waals surface area (Å²) in [5.74, 6) is 0.0563. The zero-order chi connectivity index (χ0) is 19.9. The highest BCUT2D eigenvalue weighted by atomic mass is 19.4. The molecule has 2 aliphatic heterocycles. The lowest BCUT2D eigenvalue weighted by atomic mass is 9.88. The molecule has 1 saturated heterocycles. The van der Waals surface area contributed by atoms with E-state index >= 15 is 0 Å². The van der Waals surface area contributed by atoms with Crippen molar-refractivity contribution < 1.29 is 22.7 Å². The molecule has 154 valence electrons. The van der Waals surface area contributed by atoms with E-state index in [1.165, 1.54) is 6.07 Å². The number of ether oxygens (including phenoxy) is 1. The Hall–Kier alpha value is -1.60. The van der Waals surface area contributed by atoms with E-state index in [2.05, 4.69) is 12.2 Å². The quantitative estimate of drug-likeness (QED) is 0.848. The second-order valence-corrected chi connectivity index (χ2v) is 8.88. The molecule has 0 spiro atoms. The number of alkyl halides is 3. The molecule has 2 heterocycles. The minimum Gasteiger partial charge on any atom is -0.380 e.